The highest BCUT2D eigenvalue weighted by atomic mass is 19.2. The van der Waals surface area contributed by atoms with Gasteiger partial charge in [0, 0.05) is 11.8 Å². The highest BCUT2D eigenvalue weighted by Gasteiger charge is 2.15. The van der Waals surface area contributed by atoms with Crippen LogP contribution in [0.25, 0.3) is 0 Å². The van der Waals surface area contributed by atoms with Crippen LogP contribution in [0.1, 0.15) is 10.5 Å². The van der Waals surface area contributed by atoms with Crippen LogP contribution in [0.3, 0.4) is 0 Å². The summed E-state index contributed by atoms with van der Waals surface area (Å²) in [4.78, 5) is 12.0. The summed E-state index contributed by atoms with van der Waals surface area (Å²) in [6.07, 6.45) is 0. The van der Waals surface area contributed by atoms with Gasteiger partial charge in [-0.15, -0.1) is 10.2 Å². The minimum atomic E-state index is -1.04. The van der Waals surface area contributed by atoms with Crippen molar-refractivity contribution < 1.29 is 22.4 Å². The maximum Gasteiger partial charge on any atom is 0.276 e. The zero-order valence-electron chi connectivity index (χ0n) is 12.9. The summed E-state index contributed by atoms with van der Waals surface area (Å²) in [7, 11) is 0. The van der Waals surface area contributed by atoms with Crippen molar-refractivity contribution in [1.29, 1.82) is 0 Å². The van der Waals surface area contributed by atoms with Crippen LogP contribution < -0.4 is 10.6 Å². The monoisotopic (exact) mass is 362 g/mol. The number of aromatic nitrogens is 2. The summed E-state index contributed by atoms with van der Waals surface area (Å²) in [6, 6.07) is 8.93. The fourth-order valence-electron chi connectivity index (χ4n) is 2.04. The molecule has 2 aromatic carbocycles. The van der Waals surface area contributed by atoms with Gasteiger partial charge in [0.1, 0.15) is 17.3 Å². The second kappa shape index (κ2) is 7.18. The van der Waals surface area contributed by atoms with E-state index >= 15 is 0 Å². The van der Waals surface area contributed by atoms with E-state index < -0.39 is 34.9 Å². The largest absolute Gasteiger partial charge is 0.339 e. The summed E-state index contributed by atoms with van der Waals surface area (Å²) in [5, 5.41) is 12.1. The molecule has 26 heavy (non-hydrogen) atoms. The summed E-state index contributed by atoms with van der Waals surface area (Å²) in [6.45, 7) is 0. The lowest BCUT2D eigenvalue weighted by molar-refractivity contribution is 0.102. The van der Waals surface area contributed by atoms with Crippen molar-refractivity contribution in [1.82, 2.24) is 10.2 Å². The van der Waals surface area contributed by atoms with E-state index in [1.807, 2.05) is 0 Å². The standard InChI is InChI=1S/C17H10F4N4O/c18-10-5-4-9(8-13(10)21)22-15-7-6-14(24-25-15)17(26)23-16-11(19)2-1-3-12(16)20/h1-8H,(H,22,25)(H,23,26). The molecule has 0 radical (unpaired) electrons. The van der Waals surface area contributed by atoms with E-state index in [4.69, 9.17) is 0 Å². The van der Waals surface area contributed by atoms with E-state index in [0.29, 0.717) is 0 Å². The Morgan fingerprint density at radius 2 is 1.54 bits per heavy atom. The van der Waals surface area contributed by atoms with Gasteiger partial charge in [0.25, 0.3) is 5.91 Å². The van der Waals surface area contributed by atoms with Crippen LogP contribution in [-0.2, 0) is 0 Å². The van der Waals surface area contributed by atoms with E-state index in [1.54, 1.807) is 0 Å². The molecular formula is C17H10F4N4O. The molecule has 9 heteroatoms. The molecule has 0 aliphatic heterocycles. The molecule has 0 atom stereocenters. The number of carbonyl (C=O) groups excluding carboxylic acids is 1. The predicted molar refractivity (Wildman–Crippen MR) is 86.0 cm³/mol. The zero-order valence-corrected chi connectivity index (χ0v) is 12.9. The molecule has 0 saturated heterocycles. The number of carbonyl (C=O) groups is 1. The molecule has 1 aromatic heterocycles. The maximum atomic E-state index is 13.5. The third kappa shape index (κ3) is 3.77. The van der Waals surface area contributed by atoms with Crippen molar-refractivity contribution in [2.24, 2.45) is 0 Å². The molecule has 0 unspecified atom stereocenters. The second-order valence-corrected chi connectivity index (χ2v) is 5.11. The Balaban J connectivity index is 1.72. The van der Waals surface area contributed by atoms with Crippen LogP contribution in [0.2, 0.25) is 0 Å². The molecule has 0 aliphatic carbocycles. The molecule has 2 N–H and O–H groups in total. The number of amides is 1. The SMILES string of the molecule is O=C(Nc1c(F)cccc1F)c1ccc(Nc2ccc(F)c(F)c2)nn1. The van der Waals surface area contributed by atoms with Gasteiger partial charge in [-0.05, 0) is 36.4 Å². The Kier molecular flexibility index (Phi) is 4.78. The molecule has 0 fully saturated rings. The lowest BCUT2D eigenvalue weighted by atomic mass is 10.2. The third-order valence-corrected chi connectivity index (χ3v) is 3.29. The number of nitrogens with one attached hydrogen (secondary N) is 2. The van der Waals surface area contributed by atoms with Crippen molar-refractivity contribution in [3.63, 3.8) is 0 Å². The van der Waals surface area contributed by atoms with Crippen molar-refractivity contribution in [3.8, 4) is 0 Å². The molecule has 1 heterocycles. The van der Waals surface area contributed by atoms with Gasteiger partial charge in [-0.1, -0.05) is 6.07 Å². The Bertz CT molecular complexity index is 943. The Hall–Kier alpha value is -3.49. The van der Waals surface area contributed by atoms with Gasteiger partial charge in [-0.2, -0.15) is 0 Å². The van der Waals surface area contributed by atoms with Crippen molar-refractivity contribution in [2.75, 3.05) is 10.6 Å². The van der Waals surface area contributed by atoms with Gasteiger partial charge >= 0.3 is 0 Å². The highest BCUT2D eigenvalue weighted by molar-refractivity contribution is 6.02. The fourth-order valence-corrected chi connectivity index (χ4v) is 2.04. The number of rotatable bonds is 4. The van der Waals surface area contributed by atoms with Crippen LogP contribution >= 0.6 is 0 Å². The van der Waals surface area contributed by atoms with Gasteiger partial charge in [0.2, 0.25) is 0 Å². The number of hydrogen-bond acceptors (Lipinski definition) is 4. The van der Waals surface area contributed by atoms with Crippen LogP contribution in [-0.4, -0.2) is 16.1 Å². The van der Waals surface area contributed by atoms with Gasteiger partial charge in [0.05, 0.1) is 0 Å². The highest BCUT2D eigenvalue weighted by Crippen LogP contribution is 2.20. The van der Waals surface area contributed by atoms with Gasteiger partial charge in [0.15, 0.2) is 23.1 Å². The fraction of sp³-hybridized carbons (Fsp3) is 0. The number of benzene rings is 2. The second-order valence-electron chi connectivity index (χ2n) is 5.11. The molecule has 1 amide bonds. The first-order chi connectivity index (χ1) is 12.4. The molecule has 132 valence electrons. The van der Waals surface area contributed by atoms with Gasteiger partial charge < -0.3 is 10.6 Å². The first-order valence-electron chi connectivity index (χ1n) is 7.25. The number of para-hydroxylation sites is 1. The molecule has 3 rings (SSSR count). The number of halogens is 4. The zero-order chi connectivity index (χ0) is 18.7. The Morgan fingerprint density at radius 1 is 0.808 bits per heavy atom. The van der Waals surface area contributed by atoms with Crippen LogP contribution in [0.4, 0.5) is 34.8 Å². The third-order valence-electron chi connectivity index (χ3n) is 3.29. The minimum Gasteiger partial charge on any atom is -0.339 e. The molecule has 5 nitrogen and oxygen atoms in total. The van der Waals surface area contributed by atoms with E-state index in [9.17, 15) is 22.4 Å². The van der Waals surface area contributed by atoms with Crippen molar-refractivity contribution in [2.45, 2.75) is 0 Å². The molecular weight excluding hydrogens is 352 g/mol. The number of anilines is 3. The lowest BCUT2D eigenvalue weighted by Gasteiger charge is -2.08. The molecule has 0 spiro atoms. The maximum absolute atomic E-state index is 13.5. The number of nitrogens with zero attached hydrogens (tertiary/aromatic N) is 2. The average Bonchev–Trinajstić information content (AvgIpc) is 2.62. The molecule has 0 saturated carbocycles. The van der Waals surface area contributed by atoms with E-state index in [-0.39, 0.29) is 17.2 Å². The smallest absolute Gasteiger partial charge is 0.276 e. The summed E-state index contributed by atoms with van der Waals surface area (Å²) in [5.41, 5.74) is -0.560. The Morgan fingerprint density at radius 3 is 2.15 bits per heavy atom. The quantitative estimate of drug-likeness (QED) is 0.688. The lowest BCUT2D eigenvalue weighted by Crippen LogP contribution is -2.16. The molecule has 0 aliphatic rings. The average molecular weight is 362 g/mol. The minimum absolute atomic E-state index is 0.157. The summed E-state index contributed by atoms with van der Waals surface area (Å²) in [5.74, 6) is -4.59. The molecule has 3 aromatic rings. The predicted octanol–water partition coefficient (Wildman–Crippen LogP) is 4.03. The first kappa shape index (κ1) is 17.3. The topological polar surface area (TPSA) is 66.9 Å². The normalized spacial score (nSPS) is 10.5. The summed E-state index contributed by atoms with van der Waals surface area (Å²) >= 11 is 0. The molecule has 0 bridgehead atoms. The first-order valence-corrected chi connectivity index (χ1v) is 7.25. The van der Waals surface area contributed by atoms with Crippen LogP contribution in [0.15, 0.2) is 48.5 Å². The van der Waals surface area contributed by atoms with Crippen molar-refractivity contribution >= 4 is 23.1 Å². The van der Waals surface area contributed by atoms with E-state index in [0.717, 1.165) is 24.3 Å². The van der Waals surface area contributed by atoms with Gasteiger partial charge in [-0.3, -0.25) is 4.79 Å². The van der Waals surface area contributed by atoms with Gasteiger partial charge in [-0.25, -0.2) is 17.6 Å². The van der Waals surface area contributed by atoms with E-state index in [1.165, 1.54) is 24.3 Å². The van der Waals surface area contributed by atoms with Crippen LogP contribution in [0, 0.1) is 23.3 Å². The summed E-state index contributed by atoms with van der Waals surface area (Å²) < 4.78 is 53.1. The Labute approximate surface area is 144 Å². The number of hydrogen-bond donors (Lipinski definition) is 2. The van der Waals surface area contributed by atoms with Crippen molar-refractivity contribution in [3.05, 3.63) is 77.5 Å². The van der Waals surface area contributed by atoms with Crippen LogP contribution in [0.5, 0.6) is 0 Å². The van der Waals surface area contributed by atoms with E-state index in [2.05, 4.69) is 20.8 Å².